The standard InChI is InChI=1S/C5H11N2OP/c1-4(6)5(8)2-3-7-9/h7H,1-3,6,9H2. The van der Waals surface area contributed by atoms with Crippen LogP contribution in [0.1, 0.15) is 6.42 Å². The maximum atomic E-state index is 10.6. The molecule has 0 aromatic heterocycles. The van der Waals surface area contributed by atoms with Crippen LogP contribution in [0.2, 0.25) is 0 Å². The number of nitrogens with two attached hydrogens (primary N) is 1. The zero-order valence-corrected chi connectivity index (χ0v) is 6.34. The minimum atomic E-state index is -0.0926. The average molecular weight is 146 g/mol. The van der Waals surface area contributed by atoms with Gasteiger partial charge >= 0.3 is 0 Å². The van der Waals surface area contributed by atoms with Gasteiger partial charge in [0.25, 0.3) is 0 Å². The molecule has 0 amide bonds. The number of hydrogen-bond acceptors (Lipinski definition) is 3. The van der Waals surface area contributed by atoms with E-state index in [1.54, 1.807) is 0 Å². The summed E-state index contributed by atoms with van der Waals surface area (Å²) in [6.07, 6.45) is 0.416. The number of ketones is 1. The molecule has 4 heteroatoms. The molecule has 0 aliphatic rings. The Morgan fingerprint density at radius 3 is 2.67 bits per heavy atom. The molecule has 0 aliphatic carbocycles. The van der Waals surface area contributed by atoms with Crippen molar-refractivity contribution >= 4 is 15.2 Å². The summed E-state index contributed by atoms with van der Waals surface area (Å²) in [5.41, 5.74) is 5.23. The molecule has 0 aromatic rings. The molecule has 0 rings (SSSR count). The van der Waals surface area contributed by atoms with Gasteiger partial charge < -0.3 is 10.8 Å². The van der Waals surface area contributed by atoms with Crippen LogP contribution in [0, 0.1) is 0 Å². The molecule has 0 saturated heterocycles. The minimum absolute atomic E-state index is 0.0926. The first-order valence-corrected chi connectivity index (χ1v) is 3.17. The van der Waals surface area contributed by atoms with Gasteiger partial charge in [-0.1, -0.05) is 16.0 Å². The molecule has 0 bridgehead atoms. The van der Waals surface area contributed by atoms with Gasteiger partial charge in [0.15, 0.2) is 5.78 Å². The number of allylic oxidation sites excluding steroid dienone is 1. The van der Waals surface area contributed by atoms with Gasteiger partial charge in [-0.2, -0.15) is 0 Å². The molecule has 0 aromatic carbocycles. The van der Waals surface area contributed by atoms with E-state index in [9.17, 15) is 4.79 Å². The van der Waals surface area contributed by atoms with E-state index >= 15 is 0 Å². The molecule has 0 radical (unpaired) electrons. The Kier molecular flexibility index (Phi) is 4.28. The highest BCUT2D eigenvalue weighted by molar-refractivity contribution is 7.13. The van der Waals surface area contributed by atoms with Gasteiger partial charge in [0, 0.05) is 13.0 Å². The molecule has 9 heavy (non-hydrogen) atoms. The molecular weight excluding hydrogens is 135 g/mol. The van der Waals surface area contributed by atoms with Gasteiger partial charge in [0.05, 0.1) is 5.70 Å². The minimum Gasteiger partial charge on any atom is -0.396 e. The summed E-state index contributed by atoms with van der Waals surface area (Å²) < 4.78 is 0. The van der Waals surface area contributed by atoms with Gasteiger partial charge in [-0.3, -0.25) is 4.79 Å². The summed E-state index contributed by atoms with van der Waals surface area (Å²) >= 11 is 0. The smallest absolute Gasteiger partial charge is 0.179 e. The van der Waals surface area contributed by atoms with E-state index in [4.69, 9.17) is 5.73 Å². The van der Waals surface area contributed by atoms with Crippen molar-refractivity contribution in [3.8, 4) is 0 Å². The summed E-state index contributed by atoms with van der Waals surface area (Å²) in [6.45, 7) is 3.93. The Labute approximate surface area is 56.9 Å². The van der Waals surface area contributed by atoms with Crippen molar-refractivity contribution in [1.29, 1.82) is 0 Å². The molecule has 3 N–H and O–H groups in total. The second-order valence-electron chi connectivity index (χ2n) is 1.65. The predicted molar refractivity (Wildman–Crippen MR) is 40.7 cm³/mol. The lowest BCUT2D eigenvalue weighted by Gasteiger charge is -1.96. The first-order chi connectivity index (χ1) is 4.18. The number of rotatable bonds is 4. The Balaban J connectivity index is 3.39. The number of carbonyl (C=O) groups excluding carboxylic acids is 1. The van der Waals surface area contributed by atoms with Crippen molar-refractivity contribution in [3.05, 3.63) is 12.3 Å². The van der Waals surface area contributed by atoms with Crippen LogP contribution in [-0.2, 0) is 4.79 Å². The predicted octanol–water partition coefficient (Wildman–Crippen LogP) is -0.202. The fourth-order valence-electron chi connectivity index (χ4n) is 0.346. The largest absolute Gasteiger partial charge is 0.396 e. The Morgan fingerprint density at radius 1 is 1.78 bits per heavy atom. The summed E-state index contributed by atoms with van der Waals surface area (Å²) in [5.74, 6) is -0.0926. The van der Waals surface area contributed by atoms with Crippen molar-refractivity contribution in [3.63, 3.8) is 0 Å². The molecule has 52 valence electrons. The van der Waals surface area contributed by atoms with Crippen molar-refractivity contribution < 1.29 is 4.79 Å². The molecule has 0 fully saturated rings. The molecule has 0 heterocycles. The molecule has 0 saturated carbocycles. The van der Waals surface area contributed by atoms with Crippen LogP contribution in [0.5, 0.6) is 0 Å². The molecule has 0 spiro atoms. The van der Waals surface area contributed by atoms with E-state index in [1.807, 2.05) is 0 Å². The van der Waals surface area contributed by atoms with Gasteiger partial charge in [-0.05, 0) is 0 Å². The lowest BCUT2D eigenvalue weighted by molar-refractivity contribution is -0.115. The molecular formula is C5H11N2OP. The van der Waals surface area contributed by atoms with Gasteiger partial charge in [-0.15, -0.1) is 0 Å². The lowest BCUT2D eigenvalue weighted by atomic mass is 10.2. The van der Waals surface area contributed by atoms with Crippen LogP contribution in [0.3, 0.4) is 0 Å². The van der Waals surface area contributed by atoms with E-state index in [0.717, 1.165) is 0 Å². The third-order valence-electron chi connectivity index (χ3n) is 0.855. The third-order valence-corrected chi connectivity index (χ3v) is 1.14. The SMILES string of the molecule is C=C(N)C(=O)CCNP. The molecule has 0 aliphatic heterocycles. The van der Waals surface area contributed by atoms with Crippen LogP contribution < -0.4 is 10.8 Å². The monoisotopic (exact) mass is 146 g/mol. The summed E-state index contributed by atoms with van der Waals surface area (Å²) in [6, 6.07) is 0. The Hall–Kier alpha value is -0.400. The lowest BCUT2D eigenvalue weighted by Crippen LogP contribution is -2.14. The van der Waals surface area contributed by atoms with Crippen LogP contribution in [0.4, 0.5) is 0 Å². The maximum absolute atomic E-state index is 10.6. The number of hydrogen-bond donors (Lipinski definition) is 2. The van der Waals surface area contributed by atoms with Gasteiger partial charge in [0.1, 0.15) is 0 Å². The molecule has 1 unspecified atom stereocenters. The van der Waals surface area contributed by atoms with E-state index in [-0.39, 0.29) is 11.5 Å². The summed E-state index contributed by atoms with van der Waals surface area (Å²) in [5, 5.41) is 2.75. The number of nitrogens with one attached hydrogen (secondary N) is 1. The number of carbonyl (C=O) groups is 1. The molecule has 1 atom stereocenters. The Morgan fingerprint density at radius 2 is 2.33 bits per heavy atom. The van der Waals surface area contributed by atoms with E-state index in [2.05, 4.69) is 21.1 Å². The quantitative estimate of drug-likeness (QED) is 0.426. The fourth-order valence-corrected chi connectivity index (χ4v) is 0.491. The Bertz CT molecular complexity index is 124. The van der Waals surface area contributed by atoms with Crippen molar-refractivity contribution in [1.82, 2.24) is 5.09 Å². The zero-order chi connectivity index (χ0) is 7.28. The van der Waals surface area contributed by atoms with Gasteiger partial charge in [0.2, 0.25) is 0 Å². The zero-order valence-electron chi connectivity index (χ0n) is 5.18. The highest BCUT2D eigenvalue weighted by Crippen LogP contribution is 1.87. The van der Waals surface area contributed by atoms with E-state index in [1.165, 1.54) is 0 Å². The van der Waals surface area contributed by atoms with Crippen LogP contribution in [0.25, 0.3) is 0 Å². The second kappa shape index (κ2) is 4.48. The highest BCUT2D eigenvalue weighted by atomic mass is 31.0. The highest BCUT2D eigenvalue weighted by Gasteiger charge is 1.99. The van der Waals surface area contributed by atoms with Crippen LogP contribution in [0.15, 0.2) is 12.3 Å². The molecule has 3 nitrogen and oxygen atoms in total. The normalized spacial score (nSPS) is 9.00. The first kappa shape index (κ1) is 8.60. The third kappa shape index (κ3) is 4.13. The van der Waals surface area contributed by atoms with E-state index < -0.39 is 0 Å². The average Bonchev–Trinajstić information content (AvgIpc) is 1.82. The van der Waals surface area contributed by atoms with Crippen molar-refractivity contribution in [2.75, 3.05) is 6.54 Å². The summed E-state index contributed by atoms with van der Waals surface area (Å²) in [4.78, 5) is 10.6. The number of Topliss-reactive ketones (excluding diaryl/α,β-unsaturated/α-hetero) is 1. The van der Waals surface area contributed by atoms with Crippen LogP contribution in [-0.4, -0.2) is 12.3 Å². The van der Waals surface area contributed by atoms with Crippen LogP contribution >= 0.6 is 9.39 Å². The second-order valence-corrected chi connectivity index (χ2v) is 2.06. The van der Waals surface area contributed by atoms with E-state index in [0.29, 0.717) is 13.0 Å². The van der Waals surface area contributed by atoms with Gasteiger partial charge in [-0.25, -0.2) is 0 Å². The topological polar surface area (TPSA) is 55.1 Å². The fraction of sp³-hybridized carbons (Fsp3) is 0.400. The first-order valence-electron chi connectivity index (χ1n) is 2.59. The maximum Gasteiger partial charge on any atom is 0.179 e. The van der Waals surface area contributed by atoms with Crippen molar-refractivity contribution in [2.45, 2.75) is 6.42 Å². The van der Waals surface area contributed by atoms with Crippen molar-refractivity contribution in [2.24, 2.45) is 5.73 Å². The summed E-state index contributed by atoms with van der Waals surface area (Å²) in [7, 11) is 2.30.